The van der Waals surface area contributed by atoms with E-state index in [2.05, 4.69) is 5.32 Å². The van der Waals surface area contributed by atoms with Gasteiger partial charge in [0.2, 0.25) is 11.8 Å². The first-order valence-electron chi connectivity index (χ1n) is 12.1. The quantitative estimate of drug-likeness (QED) is 0.275. The second-order valence-electron chi connectivity index (χ2n) is 8.81. The molecule has 0 aliphatic carbocycles. The van der Waals surface area contributed by atoms with Crippen LogP contribution in [0.2, 0.25) is 15.1 Å². The van der Waals surface area contributed by atoms with Gasteiger partial charge in [-0.05, 0) is 61.9 Å². The van der Waals surface area contributed by atoms with Crippen LogP contribution in [-0.4, -0.2) is 44.3 Å². The van der Waals surface area contributed by atoms with Gasteiger partial charge < -0.3 is 10.2 Å². The number of alkyl halides is 3. The molecular formula is C27H25Cl3F3N3O4S. The second kappa shape index (κ2) is 13.3. The summed E-state index contributed by atoms with van der Waals surface area (Å²) in [5, 5.41) is 2.48. The predicted octanol–water partition coefficient (Wildman–Crippen LogP) is 6.41. The average Bonchev–Trinajstić information content (AvgIpc) is 2.91. The molecule has 3 rings (SSSR count). The lowest BCUT2D eigenvalue weighted by molar-refractivity contribution is -0.139. The fourth-order valence-electron chi connectivity index (χ4n) is 3.87. The summed E-state index contributed by atoms with van der Waals surface area (Å²) in [5.74, 6) is -1.41. The van der Waals surface area contributed by atoms with Crippen LogP contribution >= 0.6 is 34.8 Å². The number of sulfonamides is 1. The molecule has 41 heavy (non-hydrogen) atoms. The zero-order valence-electron chi connectivity index (χ0n) is 21.8. The van der Waals surface area contributed by atoms with Crippen molar-refractivity contribution in [2.45, 2.75) is 37.5 Å². The van der Waals surface area contributed by atoms with Crippen molar-refractivity contribution in [3.05, 3.63) is 92.9 Å². The molecule has 14 heteroatoms. The molecule has 1 N–H and O–H groups in total. The molecule has 1 atom stereocenters. The smallest absolute Gasteiger partial charge is 0.355 e. The third kappa shape index (κ3) is 7.85. The van der Waals surface area contributed by atoms with Gasteiger partial charge in [0.25, 0.3) is 10.0 Å². The summed E-state index contributed by atoms with van der Waals surface area (Å²) in [5.41, 5.74) is -1.32. The number of nitrogens with zero attached hydrogens (tertiary/aromatic N) is 2. The number of carbonyl (C=O) groups is 2. The van der Waals surface area contributed by atoms with Crippen LogP contribution in [0.3, 0.4) is 0 Å². The van der Waals surface area contributed by atoms with Crippen molar-refractivity contribution in [1.29, 1.82) is 0 Å². The molecule has 0 aliphatic heterocycles. The summed E-state index contributed by atoms with van der Waals surface area (Å²) in [6, 6.07) is 12.9. The lowest BCUT2D eigenvalue weighted by Crippen LogP contribution is -2.51. The molecule has 0 radical (unpaired) electrons. The van der Waals surface area contributed by atoms with E-state index in [0.717, 1.165) is 17.0 Å². The van der Waals surface area contributed by atoms with Crippen LogP contribution in [0.4, 0.5) is 18.9 Å². The molecule has 0 fully saturated rings. The maximum absolute atomic E-state index is 13.8. The zero-order valence-corrected chi connectivity index (χ0v) is 24.8. The fraction of sp³-hybridized carbons (Fsp3) is 0.259. The number of hydrogen-bond donors (Lipinski definition) is 1. The minimum absolute atomic E-state index is 0.194. The third-order valence-corrected chi connectivity index (χ3v) is 8.73. The van der Waals surface area contributed by atoms with Crippen LogP contribution in [0.1, 0.15) is 25.0 Å². The number of hydrogen-bond acceptors (Lipinski definition) is 4. The van der Waals surface area contributed by atoms with E-state index >= 15 is 0 Å². The van der Waals surface area contributed by atoms with Crippen molar-refractivity contribution in [2.24, 2.45) is 0 Å². The van der Waals surface area contributed by atoms with Gasteiger partial charge in [0, 0.05) is 23.1 Å². The molecule has 0 bridgehead atoms. The van der Waals surface area contributed by atoms with Crippen LogP contribution in [-0.2, 0) is 32.3 Å². The van der Waals surface area contributed by atoms with Crippen LogP contribution in [0.5, 0.6) is 0 Å². The standard InChI is InChI=1S/C27H25Cl3F3N3O4S/c1-3-34-26(38)17(2)35(15-18-9-10-19(28)13-24(18)30)25(37)16-36(41(39,40)21-7-5-4-6-8-21)20-11-12-23(29)22(14-20)27(31,32)33/h4-14,17H,3,15-16H2,1-2H3,(H,34,38). The minimum Gasteiger partial charge on any atom is -0.355 e. The Labute approximate surface area is 250 Å². The van der Waals surface area contributed by atoms with Gasteiger partial charge in [0.1, 0.15) is 12.6 Å². The predicted molar refractivity (Wildman–Crippen MR) is 153 cm³/mol. The molecule has 0 spiro atoms. The van der Waals surface area contributed by atoms with Gasteiger partial charge in [0.05, 0.1) is 21.2 Å². The number of likely N-dealkylation sites (N-methyl/N-ethyl adjacent to an activating group) is 1. The Morgan fingerprint density at radius 1 is 0.951 bits per heavy atom. The Morgan fingerprint density at radius 2 is 1.61 bits per heavy atom. The topological polar surface area (TPSA) is 86.8 Å². The molecule has 220 valence electrons. The van der Waals surface area contributed by atoms with E-state index in [1.807, 2.05) is 0 Å². The van der Waals surface area contributed by atoms with E-state index in [-0.39, 0.29) is 23.0 Å². The molecule has 0 saturated heterocycles. The maximum atomic E-state index is 13.8. The Balaban J connectivity index is 2.13. The molecule has 1 unspecified atom stereocenters. The highest BCUT2D eigenvalue weighted by molar-refractivity contribution is 7.92. The Morgan fingerprint density at radius 3 is 2.20 bits per heavy atom. The van der Waals surface area contributed by atoms with Gasteiger partial charge in [0.15, 0.2) is 0 Å². The average molecular weight is 651 g/mol. The highest BCUT2D eigenvalue weighted by atomic mass is 35.5. The number of amides is 2. The Bertz CT molecular complexity index is 1520. The first kappa shape index (κ1) is 32.5. The first-order chi connectivity index (χ1) is 19.2. The molecule has 0 saturated carbocycles. The van der Waals surface area contributed by atoms with Gasteiger partial charge in [-0.1, -0.05) is 59.1 Å². The maximum Gasteiger partial charge on any atom is 0.417 e. The van der Waals surface area contributed by atoms with Crippen molar-refractivity contribution >= 4 is 62.3 Å². The monoisotopic (exact) mass is 649 g/mol. The highest BCUT2D eigenvalue weighted by Crippen LogP contribution is 2.38. The summed E-state index contributed by atoms with van der Waals surface area (Å²) < 4.78 is 69.0. The van der Waals surface area contributed by atoms with E-state index in [4.69, 9.17) is 34.8 Å². The van der Waals surface area contributed by atoms with Crippen molar-refractivity contribution in [3.63, 3.8) is 0 Å². The molecule has 7 nitrogen and oxygen atoms in total. The van der Waals surface area contributed by atoms with Gasteiger partial charge in [-0.25, -0.2) is 8.42 Å². The van der Waals surface area contributed by atoms with Crippen molar-refractivity contribution in [3.8, 4) is 0 Å². The largest absolute Gasteiger partial charge is 0.417 e. The number of anilines is 1. The van der Waals surface area contributed by atoms with E-state index in [0.29, 0.717) is 21.0 Å². The Kier molecular flexibility index (Phi) is 10.6. The number of carbonyl (C=O) groups excluding carboxylic acids is 2. The number of benzene rings is 3. The summed E-state index contributed by atoms with van der Waals surface area (Å²) in [7, 11) is -4.57. The van der Waals surface area contributed by atoms with E-state index < -0.39 is 56.9 Å². The Hall–Kier alpha value is -2.99. The van der Waals surface area contributed by atoms with E-state index in [1.165, 1.54) is 43.3 Å². The molecule has 3 aromatic rings. The molecule has 3 aromatic carbocycles. The van der Waals surface area contributed by atoms with E-state index in [1.54, 1.807) is 19.1 Å². The lowest BCUT2D eigenvalue weighted by atomic mass is 10.1. The molecule has 2 amide bonds. The van der Waals surface area contributed by atoms with Crippen LogP contribution < -0.4 is 9.62 Å². The third-order valence-electron chi connectivity index (χ3n) is 6.03. The van der Waals surface area contributed by atoms with E-state index in [9.17, 15) is 31.2 Å². The van der Waals surface area contributed by atoms with Gasteiger partial charge in [-0.3, -0.25) is 13.9 Å². The lowest BCUT2D eigenvalue weighted by Gasteiger charge is -2.32. The summed E-state index contributed by atoms with van der Waals surface area (Å²) >= 11 is 18.0. The van der Waals surface area contributed by atoms with Crippen molar-refractivity contribution < 1.29 is 31.2 Å². The van der Waals surface area contributed by atoms with Crippen LogP contribution in [0.25, 0.3) is 0 Å². The molecule has 0 heterocycles. The number of nitrogens with one attached hydrogen (secondary N) is 1. The molecule has 0 aliphatic rings. The minimum atomic E-state index is -4.90. The van der Waals surface area contributed by atoms with Gasteiger partial charge in [-0.2, -0.15) is 13.2 Å². The van der Waals surface area contributed by atoms with Crippen molar-refractivity contribution in [2.75, 3.05) is 17.4 Å². The van der Waals surface area contributed by atoms with Crippen LogP contribution in [0, 0.1) is 0 Å². The van der Waals surface area contributed by atoms with Gasteiger partial charge >= 0.3 is 6.18 Å². The number of rotatable bonds is 10. The van der Waals surface area contributed by atoms with Crippen molar-refractivity contribution in [1.82, 2.24) is 10.2 Å². The SMILES string of the molecule is CCNC(=O)C(C)N(Cc1ccc(Cl)cc1Cl)C(=O)CN(c1ccc(Cl)c(C(F)(F)F)c1)S(=O)(=O)c1ccccc1. The van der Waals surface area contributed by atoms with Gasteiger partial charge in [-0.15, -0.1) is 0 Å². The fourth-order valence-corrected chi connectivity index (χ4v) is 5.99. The number of halogens is 6. The summed E-state index contributed by atoms with van der Waals surface area (Å²) in [4.78, 5) is 27.4. The summed E-state index contributed by atoms with van der Waals surface area (Å²) in [6.45, 7) is 2.21. The molecular weight excluding hydrogens is 626 g/mol. The first-order valence-corrected chi connectivity index (χ1v) is 14.7. The summed E-state index contributed by atoms with van der Waals surface area (Å²) in [6.07, 6.45) is -4.90. The second-order valence-corrected chi connectivity index (χ2v) is 11.9. The zero-order chi connectivity index (χ0) is 30.5. The van der Waals surface area contributed by atoms with Crippen LogP contribution in [0.15, 0.2) is 71.6 Å². The normalized spacial score (nSPS) is 12.5. The highest BCUT2D eigenvalue weighted by Gasteiger charge is 2.37. The molecule has 0 aromatic heterocycles.